The van der Waals surface area contributed by atoms with Gasteiger partial charge in [0.1, 0.15) is 12.1 Å². The van der Waals surface area contributed by atoms with Crippen molar-refractivity contribution < 1.29 is 30.0 Å². The van der Waals surface area contributed by atoms with Crippen molar-refractivity contribution in [2.45, 2.75) is 77.6 Å². The third-order valence-electron chi connectivity index (χ3n) is 6.32. The molecule has 166 valence electrons. The molecule has 0 bridgehead atoms. The van der Waals surface area contributed by atoms with Crippen molar-refractivity contribution in [3.63, 3.8) is 0 Å². The summed E-state index contributed by atoms with van der Waals surface area (Å²) < 4.78 is 1.83. The number of carbonyl (C=O) groups excluding carboxylic acids is 2. The molecule has 1 rings (SSSR count). The maximum absolute atomic E-state index is 12.7. The van der Waals surface area contributed by atoms with Crippen LogP contribution in [0.15, 0.2) is 21.3 Å². The molecule has 0 saturated heterocycles. The first-order valence-corrected chi connectivity index (χ1v) is 11.4. The Morgan fingerprint density at radius 1 is 1.34 bits per heavy atom. The monoisotopic (exact) mass is 522 g/mol. The number of carbonyl (C=O) groups is 2. The first-order chi connectivity index (χ1) is 13.6. The standard InChI is InChI=1S/C22H35IO6/c1-14(12-23)18(26)8-7-16(13-25)5-4-6-17-11-22(3,19(27)9-10-24)21(29)15(2)20(17)28/h7,10,12,15,17-20,25-28H,4-6,8-9,11,13H2,1-3H3/b14-12+,16-7+/t15-,17-,18+,19+,20-,22-/m1/s1. The van der Waals surface area contributed by atoms with E-state index in [2.05, 4.69) is 22.6 Å². The number of aliphatic hydroxyl groups excluding tert-OH is 4. The highest BCUT2D eigenvalue weighted by Crippen LogP contribution is 2.44. The van der Waals surface area contributed by atoms with Crippen LogP contribution in [-0.2, 0) is 9.59 Å². The van der Waals surface area contributed by atoms with Gasteiger partial charge in [-0.2, -0.15) is 0 Å². The summed E-state index contributed by atoms with van der Waals surface area (Å²) in [5.41, 5.74) is 0.674. The highest BCUT2D eigenvalue weighted by Gasteiger charge is 2.51. The summed E-state index contributed by atoms with van der Waals surface area (Å²) in [4.78, 5) is 23.5. The van der Waals surface area contributed by atoms with E-state index in [-0.39, 0.29) is 24.7 Å². The van der Waals surface area contributed by atoms with E-state index in [1.54, 1.807) is 13.8 Å². The smallest absolute Gasteiger partial charge is 0.146 e. The normalized spacial score (nSPS) is 30.9. The molecule has 6 atom stereocenters. The zero-order valence-electron chi connectivity index (χ0n) is 17.6. The van der Waals surface area contributed by atoms with Crippen molar-refractivity contribution >= 4 is 34.7 Å². The van der Waals surface area contributed by atoms with E-state index in [1.807, 2.05) is 17.1 Å². The Balaban J connectivity index is 2.73. The molecule has 7 heteroatoms. The van der Waals surface area contributed by atoms with Crippen LogP contribution >= 0.6 is 22.6 Å². The molecule has 0 aromatic carbocycles. The van der Waals surface area contributed by atoms with Crippen LogP contribution in [0.4, 0.5) is 0 Å². The lowest BCUT2D eigenvalue weighted by Gasteiger charge is -2.45. The first kappa shape index (κ1) is 26.4. The molecule has 0 aliphatic heterocycles. The van der Waals surface area contributed by atoms with Crippen LogP contribution in [-0.4, -0.2) is 57.4 Å². The van der Waals surface area contributed by atoms with E-state index < -0.39 is 29.6 Å². The third kappa shape index (κ3) is 6.95. The van der Waals surface area contributed by atoms with Gasteiger partial charge in [0.15, 0.2) is 0 Å². The Kier molecular flexibility index (Phi) is 11.2. The largest absolute Gasteiger partial charge is 0.392 e. The fourth-order valence-electron chi connectivity index (χ4n) is 4.15. The second kappa shape index (κ2) is 12.3. The predicted octanol–water partition coefficient (Wildman–Crippen LogP) is 2.71. The minimum absolute atomic E-state index is 0.0857. The molecule has 1 aliphatic carbocycles. The Morgan fingerprint density at radius 2 is 2.00 bits per heavy atom. The highest BCUT2D eigenvalue weighted by atomic mass is 127. The number of Topliss-reactive ketones (excluding diaryl/α,β-unsaturated/α-hetero) is 1. The summed E-state index contributed by atoms with van der Waals surface area (Å²) in [5.74, 6) is -0.950. The van der Waals surface area contributed by atoms with Gasteiger partial charge in [-0.05, 0) is 60.2 Å². The lowest BCUT2D eigenvalue weighted by Crippen LogP contribution is -2.53. The average molecular weight is 522 g/mol. The molecule has 0 amide bonds. The van der Waals surface area contributed by atoms with Crippen LogP contribution < -0.4 is 0 Å². The summed E-state index contributed by atoms with van der Waals surface area (Å²) in [6.45, 7) is 5.13. The molecule has 0 aromatic rings. The molecule has 1 saturated carbocycles. The molecule has 0 heterocycles. The molecule has 0 spiro atoms. The van der Waals surface area contributed by atoms with Gasteiger partial charge in [0, 0.05) is 12.3 Å². The van der Waals surface area contributed by atoms with Crippen molar-refractivity contribution in [2.24, 2.45) is 17.3 Å². The van der Waals surface area contributed by atoms with Gasteiger partial charge >= 0.3 is 0 Å². The van der Waals surface area contributed by atoms with E-state index in [1.165, 1.54) is 0 Å². The highest BCUT2D eigenvalue weighted by molar-refractivity contribution is 14.1. The molecule has 29 heavy (non-hydrogen) atoms. The van der Waals surface area contributed by atoms with E-state index >= 15 is 0 Å². The van der Waals surface area contributed by atoms with Crippen LogP contribution in [0.3, 0.4) is 0 Å². The van der Waals surface area contributed by atoms with E-state index in [0.717, 1.165) is 11.1 Å². The number of rotatable bonds is 11. The maximum atomic E-state index is 12.7. The summed E-state index contributed by atoms with van der Waals surface area (Å²) >= 11 is 2.08. The molecule has 1 fully saturated rings. The lowest BCUT2D eigenvalue weighted by molar-refractivity contribution is -0.155. The Morgan fingerprint density at radius 3 is 2.55 bits per heavy atom. The van der Waals surface area contributed by atoms with Crippen molar-refractivity contribution in [3.05, 3.63) is 21.3 Å². The number of ketones is 1. The van der Waals surface area contributed by atoms with Crippen molar-refractivity contribution in [1.29, 1.82) is 0 Å². The molecule has 4 N–H and O–H groups in total. The Bertz CT molecular complexity index is 616. The van der Waals surface area contributed by atoms with Gasteiger partial charge in [-0.3, -0.25) is 4.79 Å². The number of halogens is 1. The maximum Gasteiger partial charge on any atom is 0.146 e. The van der Waals surface area contributed by atoms with E-state index in [4.69, 9.17) is 0 Å². The Labute approximate surface area is 187 Å². The molecule has 0 aromatic heterocycles. The number of hydrogen-bond acceptors (Lipinski definition) is 6. The average Bonchev–Trinajstić information content (AvgIpc) is 2.71. The van der Waals surface area contributed by atoms with Gasteiger partial charge in [0.25, 0.3) is 0 Å². The van der Waals surface area contributed by atoms with Gasteiger partial charge in [-0.15, -0.1) is 0 Å². The van der Waals surface area contributed by atoms with Crippen molar-refractivity contribution in [3.8, 4) is 0 Å². The van der Waals surface area contributed by atoms with Gasteiger partial charge in [-0.25, -0.2) is 0 Å². The second-order valence-electron chi connectivity index (χ2n) is 8.46. The topological polar surface area (TPSA) is 115 Å². The van der Waals surface area contributed by atoms with Crippen LogP contribution in [0, 0.1) is 17.3 Å². The van der Waals surface area contributed by atoms with Crippen LogP contribution in [0.5, 0.6) is 0 Å². The van der Waals surface area contributed by atoms with Gasteiger partial charge in [0.05, 0.1) is 30.3 Å². The lowest BCUT2D eigenvalue weighted by atomic mass is 9.60. The second-order valence-corrected chi connectivity index (χ2v) is 9.08. The van der Waals surface area contributed by atoms with Crippen molar-refractivity contribution in [1.82, 2.24) is 0 Å². The third-order valence-corrected chi connectivity index (χ3v) is 7.30. The fourth-order valence-corrected chi connectivity index (χ4v) is 4.56. The minimum Gasteiger partial charge on any atom is -0.392 e. The summed E-state index contributed by atoms with van der Waals surface area (Å²) in [6, 6.07) is 0. The molecular weight excluding hydrogens is 487 g/mol. The minimum atomic E-state index is -1.05. The van der Waals surface area contributed by atoms with E-state index in [0.29, 0.717) is 38.4 Å². The summed E-state index contributed by atoms with van der Waals surface area (Å²) in [7, 11) is 0. The quantitative estimate of drug-likeness (QED) is 0.189. The molecule has 6 nitrogen and oxygen atoms in total. The van der Waals surface area contributed by atoms with Crippen molar-refractivity contribution in [2.75, 3.05) is 6.61 Å². The predicted molar refractivity (Wildman–Crippen MR) is 121 cm³/mol. The molecular formula is C22H35IO6. The van der Waals surface area contributed by atoms with Crippen LogP contribution in [0.1, 0.15) is 59.3 Å². The zero-order valence-corrected chi connectivity index (χ0v) is 19.7. The van der Waals surface area contributed by atoms with Gasteiger partial charge < -0.3 is 25.2 Å². The number of hydrogen-bond donors (Lipinski definition) is 4. The fraction of sp³-hybridized carbons (Fsp3) is 0.727. The van der Waals surface area contributed by atoms with E-state index in [9.17, 15) is 30.0 Å². The van der Waals surface area contributed by atoms with Gasteiger partial charge in [0.2, 0.25) is 0 Å². The zero-order chi connectivity index (χ0) is 22.2. The number of aldehydes is 1. The summed E-state index contributed by atoms with van der Waals surface area (Å²) in [6.07, 6.45) is 2.76. The van der Waals surface area contributed by atoms with Crippen LogP contribution in [0.25, 0.3) is 0 Å². The molecule has 0 radical (unpaired) electrons. The SMILES string of the molecule is C/C(=C\I)[C@@H](O)C/C=C(/CO)CCC[C@@H]1C[C@](C)([C@@H](O)CC=O)C(=O)[C@H](C)[C@H]1O. The van der Waals surface area contributed by atoms with Crippen LogP contribution in [0.2, 0.25) is 0 Å². The molecule has 0 unspecified atom stereocenters. The molecule has 1 aliphatic rings. The first-order valence-electron chi connectivity index (χ1n) is 10.2. The summed E-state index contributed by atoms with van der Waals surface area (Å²) in [5, 5.41) is 40.5. The Hall–Kier alpha value is -0.610. The number of aliphatic hydroxyl groups is 4. The van der Waals surface area contributed by atoms with Gasteiger partial charge in [-0.1, -0.05) is 42.5 Å².